The molecule has 1 atom stereocenters. The van der Waals surface area contributed by atoms with Gasteiger partial charge in [-0.25, -0.2) is 4.68 Å². The summed E-state index contributed by atoms with van der Waals surface area (Å²) < 4.78 is 1.83. The summed E-state index contributed by atoms with van der Waals surface area (Å²) in [4.78, 5) is 4.30. The minimum Gasteiger partial charge on any atom is -0.352 e. The lowest BCUT2D eigenvalue weighted by Gasteiger charge is -2.18. The number of aromatic nitrogens is 2. The maximum Gasteiger partial charge on any atom is 0.191 e. The maximum atomic E-state index is 5.93. The van der Waals surface area contributed by atoms with Crippen molar-refractivity contribution in [3.8, 4) is 5.69 Å². The maximum absolute atomic E-state index is 5.93. The van der Waals surface area contributed by atoms with Crippen LogP contribution in [0.1, 0.15) is 24.1 Å². The molecule has 5 nitrogen and oxygen atoms in total. The van der Waals surface area contributed by atoms with Crippen molar-refractivity contribution >= 4 is 41.5 Å². The molecule has 2 N–H and O–H groups in total. The quantitative estimate of drug-likeness (QED) is 0.310. The molecule has 0 fully saturated rings. The van der Waals surface area contributed by atoms with Gasteiger partial charge in [0.25, 0.3) is 0 Å². The monoisotopic (exact) mass is 495 g/mol. The number of nitrogens with zero attached hydrogens (tertiary/aromatic N) is 3. The highest BCUT2D eigenvalue weighted by atomic mass is 127. The normalized spacial score (nSPS) is 12.2. The Morgan fingerprint density at radius 1 is 1.15 bits per heavy atom. The van der Waals surface area contributed by atoms with Crippen LogP contribution in [0.3, 0.4) is 0 Å². The summed E-state index contributed by atoms with van der Waals surface area (Å²) in [6, 6.07) is 18.0. The summed E-state index contributed by atoms with van der Waals surface area (Å²) in [6.45, 7) is 2.75. The molecule has 0 bridgehead atoms. The number of aliphatic imine (C=N–C) groups is 1. The van der Waals surface area contributed by atoms with Gasteiger partial charge >= 0.3 is 0 Å². The van der Waals surface area contributed by atoms with Gasteiger partial charge in [-0.3, -0.25) is 4.99 Å². The van der Waals surface area contributed by atoms with Gasteiger partial charge in [0.1, 0.15) is 0 Å². The standard InChI is InChI=1S/C20H22ClN5.HI/c1-15(17-6-4-3-5-7-17)25-20(22-2)23-12-16-13-24-26(14-16)19-10-8-18(21)9-11-19;/h3-11,13-15H,12H2,1-2H3,(H2,22,23,25);1H. The summed E-state index contributed by atoms with van der Waals surface area (Å²) in [7, 11) is 1.77. The SMILES string of the molecule is CN=C(NCc1cnn(-c2ccc(Cl)cc2)c1)NC(C)c1ccccc1.I. The van der Waals surface area contributed by atoms with Gasteiger partial charge in [-0.2, -0.15) is 5.10 Å². The topological polar surface area (TPSA) is 54.2 Å². The lowest BCUT2D eigenvalue weighted by molar-refractivity contribution is 0.685. The van der Waals surface area contributed by atoms with Gasteiger partial charge in [-0.15, -0.1) is 24.0 Å². The minimum atomic E-state index is 0. The van der Waals surface area contributed by atoms with Gasteiger partial charge in [0.15, 0.2) is 5.96 Å². The van der Waals surface area contributed by atoms with E-state index in [1.54, 1.807) is 7.05 Å². The Morgan fingerprint density at radius 3 is 2.52 bits per heavy atom. The smallest absolute Gasteiger partial charge is 0.191 e. The van der Waals surface area contributed by atoms with E-state index < -0.39 is 0 Å². The van der Waals surface area contributed by atoms with Crippen LogP contribution in [0, 0.1) is 0 Å². The van der Waals surface area contributed by atoms with E-state index in [-0.39, 0.29) is 30.0 Å². The Morgan fingerprint density at radius 2 is 1.85 bits per heavy atom. The predicted molar refractivity (Wildman–Crippen MR) is 122 cm³/mol. The second-order valence-electron chi connectivity index (χ2n) is 5.97. The van der Waals surface area contributed by atoms with Crippen molar-refractivity contribution < 1.29 is 0 Å². The van der Waals surface area contributed by atoms with E-state index in [1.807, 2.05) is 59.5 Å². The number of hydrogen-bond donors (Lipinski definition) is 2. The van der Waals surface area contributed by atoms with Crippen molar-refractivity contribution in [1.29, 1.82) is 0 Å². The number of guanidine groups is 1. The zero-order valence-electron chi connectivity index (χ0n) is 15.3. The molecule has 1 heterocycles. The first-order chi connectivity index (χ1) is 12.7. The minimum absolute atomic E-state index is 0. The molecule has 0 aliphatic rings. The van der Waals surface area contributed by atoms with E-state index >= 15 is 0 Å². The zero-order chi connectivity index (χ0) is 18.4. The predicted octanol–water partition coefficient (Wildman–Crippen LogP) is 4.57. The third-order valence-electron chi connectivity index (χ3n) is 4.06. The Labute approximate surface area is 181 Å². The number of benzene rings is 2. The average molecular weight is 496 g/mol. The molecule has 142 valence electrons. The molecule has 0 aliphatic carbocycles. The van der Waals surface area contributed by atoms with E-state index in [4.69, 9.17) is 11.6 Å². The average Bonchev–Trinajstić information content (AvgIpc) is 3.15. The van der Waals surface area contributed by atoms with E-state index in [0.29, 0.717) is 11.6 Å². The van der Waals surface area contributed by atoms with Crippen molar-refractivity contribution in [3.05, 3.63) is 83.1 Å². The first-order valence-corrected chi connectivity index (χ1v) is 8.85. The van der Waals surface area contributed by atoms with Crippen molar-refractivity contribution in [1.82, 2.24) is 20.4 Å². The number of rotatable bonds is 5. The molecule has 0 amide bonds. The highest BCUT2D eigenvalue weighted by Crippen LogP contribution is 2.14. The van der Waals surface area contributed by atoms with Gasteiger partial charge in [0, 0.05) is 30.4 Å². The second-order valence-corrected chi connectivity index (χ2v) is 6.41. The molecule has 1 aromatic heterocycles. The molecule has 0 aliphatic heterocycles. The third-order valence-corrected chi connectivity index (χ3v) is 4.32. The van der Waals surface area contributed by atoms with Crippen LogP contribution in [-0.4, -0.2) is 22.8 Å². The van der Waals surface area contributed by atoms with Crippen LogP contribution >= 0.6 is 35.6 Å². The molecule has 3 rings (SSSR count). The van der Waals surface area contributed by atoms with E-state index in [9.17, 15) is 0 Å². The highest BCUT2D eigenvalue weighted by molar-refractivity contribution is 14.0. The van der Waals surface area contributed by atoms with Crippen LogP contribution in [0.25, 0.3) is 5.69 Å². The summed E-state index contributed by atoms with van der Waals surface area (Å²) in [5, 5.41) is 11.8. The summed E-state index contributed by atoms with van der Waals surface area (Å²) in [5.41, 5.74) is 3.25. The summed E-state index contributed by atoms with van der Waals surface area (Å²) >= 11 is 5.93. The summed E-state index contributed by atoms with van der Waals surface area (Å²) in [6.07, 6.45) is 3.83. The largest absolute Gasteiger partial charge is 0.352 e. The zero-order valence-corrected chi connectivity index (χ0v) is 18.3. The van der Waals surface area contributed by atoms with Gasteiger partial charge in [-0.1, -0.05) is 41.9 Å². The Balaban J connectivity index is 0.00000261. The van der Waals surface area contributed by atoms with Gasteiger partial charge in [-0.05, 0) is 36.8 Å². The molecule has 7 heteroatoms. The Hall–Kier alpha value is -2.06. The van der Waals surface area contributed by atoms with Gasteiger partial charge in [0.2, 0.25) is 0 Å². The highest BCUT2D eigenvalue weighted by Gasteiger charge is 2.08. The lowest BCUT2D eigenvalue weighted by Crippen LogP contribution is -2.38. The van der Waals surface area contributed by atoms with Crippen LogP contribution in [0.4, 0.5) is 0 Å². The lowest BCUT2D eigenvalue weighted by atomic mass is 10.1. The Bertz CT molecular complexity index is 862. The first kappa shape index (κ1) is 21.2. The van der Waals surface area contributed by atoms with Gasteiger partial charge in [0.05, 0.1) is 17.9 Å². The van der Waals surface area contributed by atoms with Crippen molar-refractivity contribution in [2.24, 2.45) is 4.99 Å². The summed E-state index contributed by atoms with van der Waals surface area (Å²) in [5.74, 6) is 0.751. The molecule has 2 aromatic carbocycles. The molecular formula is C20H23ClIN5. The van der Waals surface area contributed by atoms with E-state index in [0.717, 1.165) is 17.2 Å². The van der Waals surface area contributed by atoms with Crippen LogP contribution in [0.2, 0.25) is 5.02 Å². The van der Waals surface area contributed by atoms with Crippen molar-refractivity contribution in [2.75, 3.05) is 7.05 Å². The van der Waals surface area contributed by atoms with E-state index in [1.165, 1.54) is 5.56 Å². The van der Waals surface area contributed by atoms with E-state index in [2.05, 4.69) is 39.8 Å². The number of nitrogens with one attached hydrogen (secondary N) is 2. The van der Waals surface area contributed by atoms with Crippen LogP contribution in [0.5, 0.6) is 0 Å². The molecule has 0 saturated carbocycles. The van der Waals surface area contributed by atoms with Gasteiger partial charge < -0.3 is 10.6 Å². The first-order valence-electron chi connectivity index (χ1n) is 8.47. The molecule has 0 radical (unpaired) electrons. The van der Waals surface area contributed by atoms with Crippen LogP contribution in [0.15, 0.2) is 72.0 Å². The fourth-order valence-corrected chi connectivity index (χ4v) is 2.72. The number of hydrogen-bond acceptors (Lipinski definition) is 2. The van der Waals surface area contributed by atoms with Crippen LogP contribution in [-0.2, 0) is 6.54 Å². The third kappa shape index (κ3) is 5.97. The van der Waals surface area contributed by atoms with Crippen molar-refractivity contribution in [3.63, 3.8) is 0 Å². The number of halogens is 2. The molecule has 0 saturated heterocycles. The molecular weight excluding hydrogens is 473 g/mol. The van der Waals surface area contributed by atoms with Crippen molar-refractivity contribution in [2.45, 2.75) is 19.5 Å². The Kier molecular flexibility index (Phi) is 8.12. The second kappa shape index (κ2) is 10.3. The molecule has 0 spiro atoms. The fourth-order valence-electron chi connectivity index (χ4n) is 2.60. The fraction of sp³-hybridized carbons (Fsp3) is 0.200. The van der Waals surface area contributed by atoms with Crippen LogP contribution < -0.4 is 10.6 Å². The molecule has 3 aromatic rings. The molecule has 27 heavy (non-hydrogen) atoms. The molecule has 1 unspecified atom stereocenters.